The molecule has 1 aromatic carbocycles. The fourth-order valence-electron chi connectivity index (χ4n) is 1.23. The van der Waals surface area contributed by atoms with Gasteiger partial charge in [0.1, 0.15) is 5.75 Å². The van der Waals surface area contributed by atoms with E-state index in [-0.39, 0.29) is 6.42 Å². The van der Waals surface area contributed by atoms with Crippen LogP contribution in [0.2, 0.25) is 0 Å². The summed E-state index contributed by atoms with van der Waals surface area (Å²) in [5, 5.41) is 8.39. The second kappa shape index (κ2) is 6.19. The maximum absolute atomic E-state index is 11.3. The molecule has 0 aliphatic rings. The molecule has 0 spiro atoms. The van der Waals surface area contributed by atoms with E-state index in [2.05, 4.69) is 16.6 Å². The van der Waals surface area contributed by atoms with Crippen LogP contribution in [0, 0.1) is 23.2 Å². The number of rotatable bonds is 2. The monoisotopic (exact) mass is 229 g/mol. The summed E-state index contributed by atoms with van der Waals surface area (Å²) in [5.41, 5.74) is 0.959. The zero-order valence-electron chi connectivity index (χ0n) is 9.61. The molecule has 1 aromatic rings. The molecule has 0 N–H and O–H groups in total. The smallest absolute Gasteiger partial charge is 0.337 e. The maximum Gasteiger partial charge on any atom is 0.337 e. The molecule has 0 radical (unpaired) electrons. The second-order valence-electron chi connectivity index (χ2n) is 3.04. The SMILES string of the molecule is COC(=O)c1ccc(OC)c(C#CCC#N)c1. The number of ether oxygens (including phenoxy) is 2. The van der Waals surface area contributed by atoms with Gasteiger partial charge in [0.25, 0.3) is 0 Å². The predicted octanol–water partition coefficient (Wildman–Crippen LogP) is 1.75. The van der Waals surface area contributed by atoms with Gasteiger partial charge in [-0.3, -0.25) is 0 Å². The van der Waals surface area contributed by atoms with Gasteiger partial charge in [-0.05, 0) is 18.2 Å². The first-order valence-electron chi connectivity index (χ1n) is 4.85. The van der Waals surface area contributed by atoms with Gasteiger partial charge >= 0.3 is 5.97 Å². The molecule has 0 fully saturated rings. The van der Waals surface area contributed by atoms with Crippen LogP contribution in [0.25, 0.3) is 0 Å². The van der Waals surface area contributed by atoms with Crippen LogP contribution in [0.5, 0.6) is 5.75 Å². The van der Waals surface area contributed by atoms with Crippen molar-refractivity contribution in [1.29, 1.82) is 5.26 Å². The highest BCUT2D eigenvalue weighted by molar-refractivity contribution is 5.90. The van der Waals surface area contributed by atoms with E-state index in [9.17, 15) is 4.79 Å². The van der Waals surface area contributed by atoms with Crippen molar-refractivity contribution >= 4 is 5.97 Å². The molecule has 86 valence electrons. The van der Waals surface area contributed by atoms with Gasteiger partial charge < -0.3 is 9.47 Å². The van der Waals surface area contributed by atoms with Crippen LogP contribution >= 0.6 is 0 Å². The Hall–Kier alpha value is -2.46. The Labute approximate surface area is 99.8 Å². The minimum Gasteiger partial charge on any atom is -0.495 e. The number of nitrogens with zero attached hydrogens (tertiary/aromatic N) is 1. The molecule has 0 aliphatic carbocycles. The minimum absolute atomic E-state index is 0.131. The van der Waals surface area contributed by atoms with Crippen molar-refractivity contribution in [2.45, 2.75) is 6.42 Å². The van der Waals surface area contributed by atoms with Gasteiger partial charge in [-0.2, -0.15) is 5.26 Å². The molecule has 1 rings (SSSR count). The maximum atomic E-state index is 11.3. The number of esters is 1. The first kappa shape index (κ1) is 12.6. The molecule has 4 nitrogen and oxygen atoms in total. The zero-order chi connectivity index (χ0) is 12.7. The van der Waals surface area contributed by atoms with E-state index in [4.69, 9.17) is 10.00 Å². The molecule has 0 saturated carbocycles. The molecule has 0 aromatic heterocycles. The molecule has 0 aliphatic heterocycles. The quantitative estimate of drug-likeness (QED) is 0.572. The lowest BCUT2D eigenvalue weighted by atomic mass is 10.1. The third kappa shape index (κ3) is 3.25. The van der Waals surface area contributed by atoms with Crippen molar-refractivity contribution in [3.8, 4) is 23.7 Å². The van der Waals surface area contributed by atoms with Gasteiger partial charge in [0.15, 0.2) is 0 Å². The Balaban J connectivity index is 3.13. The molecule has 0 bridgehead atoms. The van der Waals surface area contributed by atoms with Gasteiger partial charge in [-0.15, -0.1) is 0 Å². The Kier molecular flexibility index (Phi) is 4.59. The highest BCUT2D eigenvalue weighted by atomic mass is 16.5. The molecule has 0 unspecified atom stereocenters. The van der Waals surface area contributed by atoms with Crippen molar-refractivity contribution in [2.75, 3.05) is 14.2 Å². The Morgan fingerprint density at radius 3 is 2.76 bits per heavy atom. The molecule has 0 heterocycles. The van der Waals surface area contributed by atoms with E-state index >= 15 is 0 Å². The third-order valence-corrected chi connectivity index (χ3v) is 2.01. The number of hydrogen-bond acceptors (Lipinski definition) is 4. The standard InChI is InChI=1S/C13H11NO3/c1-16-12-7-6-11(13(15)17-2)9-10(12)5-3-4-8-14/h6-7,9H,4H2,1-2H3. The van der Waals surface area contributed by atoms with Gasteiger partial charge in [0.2, 0.25) is 0 Å². The highest BCUT2D eigenvalue weighted by Crippen LogP contribution is 2.19. The molecule has 0 atom stereocenters. The number of nitriles is 1. The normalized spacial score (nSPS) is 8.53. The van der Waals surface area contributed by atoms with E-state index in [1.807, 2.05) is 6.07 Å². The average Bonchev–Trinajstić information content (AvgIpc) is 2.38. The van der Waals surface area contributed by atoms with Crippen molar-refractivity contribution in [3.05, 3.63) is 29.3 Å². The fourth-order valence-corrected chi connectivity index (χ4v) is 1.23. The Bertz CT molecular complexity index is 518. The third-order valence-electron chi connectivity index (χ3n) is 2.01. The van der Waals surface area contributed by atoms with E-state index < -0.39 is 5.97 Å². The lowest BCUT2D eigenvalue weighted by molar-refractivity contribution is 0.0600. The summed E-state index contributed by atoms with van der Waals surface area (Å²) in [7, 11) is 2.83. The second-order valence-corrected chi connectivity index (χ2v) is 3.04. The van der Waals surface area contributed by atoms with E-state index in [1.165, 1.54) is 14.2 Å². The van der Waals surface area contributed by atoms with Crippen molar-refractivity contribution in [1.82, 2.24) is 0 Å². The number of methoxy groups -OCH3 is 2. The van der Waals surface area contributed by atoms with Gasteiger partial charge in [-0.25, -0.2) is 4.79 Å². The molecule has 17 heavy (non-hydrogen) atoms. The highest BCUT2D eigenvalue weighted by Gasteiger charge is 2.08. The summed E-state index contributed by atoms with van der Waals surface area (Å²) >= 11 is 0. The Morgan fingerprint density at radius 1 is 1.41 bits per heavy atom. The van der Waals surface area contributed by atoms with E-state index in [1.54, 1.807) is 18.2 Å². The lowest BCUT2D eigenvalue weighted by Gasteiger charge is -2.05. The van der Waals surface area contributed by atoms with Gasteiger partial charge in [0, 0.05) is 0 Å². The lowest BCUT2D eigenvalue weighted by Crippen LogP contribution is -2.02. The molecule has 0 saturated heterocycles. The van der Waals surface area contributed by atoms with Crippen molar-refractivity contribution < 1.29 is 14.3 Å². The predicted molar refractivity (Wildman–Crippen MR) is 61.4 cm³/mol. The van der Waals surface area contributed by atoms with Crippen LogP contribution in [-0.4, -0.2) is 20.2 Å². The largest absolute Gasteiger partial charge is 0.495 e. The summed E-state index contributed by atoms with van der Waals surface area (Å²) < 4.78 is 9.72. The summed E-state index contributed by atoms with van der Waals surface area (Å²) in [5.74, 6) is 5.57. The molecular weight excluding hydrogens is 218 g/mol. The van der Waals surface area contributed by atoms with Crippen LogP contribution in [0.4, 0.5) is 0 Å². The van der Waals surface area contributed by atoms with Crippen LogP contribution in [0.3, 0.4) is 0 Å². The van der Waals surface area contributed by atoms with Crippen LogP contribution in [0.1, 0.15) is 22.3 Å². The topological polar surface area (TPSA) is 59.3 Å². The van der Waals surface area contributed by atoms with Crippen LogP contribution in [0.15, 0.2) is 18.2 Å². The molecular formula is C13H11NO3. The van der Waals surface area contributed by atoms with Crippen molar-refractivity contribution in [2.24, 2.45) is 0 Å². The average molecular weight is 229 g/mol. The molecule has 4 heteroatoms. The number of carbonyl (C=O) groups excluding carboxylic acids is 1. The number of hydrogen-bond donors (Lipinski definition) is 0. The molecule has 0 amide bonds. The van der Waals surface area contributed by atoms with Gasteiger partial charge in [-0.1, -0.05) is 11.8 Å². The first-order chi connectivity index (χ1) is 8.22. The van der Waals surface area contributed by atoms with Crippen LogP contribution in [-0.2, 0) is 4.74 Å². The summed E-state index contributed by atoms with van der Waals surface area (Å²) in [6, 6.07) is 6.74. The van der Waals surface area contributed by atoms with E-state index in [0.717, 1.165) is 0 Å². The minimum atomic E-state index is -0.434. The number of carbonyl (C=O) groups is 1. The summed E-state index contributed by atoms with van der Waals surface area (Å²) in [6.45, 7) is 0. The van der Waals surface area contributed by atoms with E-state index in [0.29, 0.717) is 16.9 Å². The number of benzene rings is 1. The van der Waals surface area contributed by atoms with Crippen molar-refractivity contribution in [3.63, 3.8) is 0 Å². The summed E-state index contributed by atoms with van der Waals surface area (Å²) in [4.78, 5) is 11.3. The first-order valence-corrected chi connectivity index (χ1v) is 4.85. The summed E-state index contributed by atoms with van der Waals surface area (Å²) in [6.07, 6.45) is 0.131. The van der Waals surface area contributed by atoms with Gasteiger partial charge in [0.05, 0.1) is 37.8 Å². The zero-order valence-corrected chi connectivity index (χ0v) is 9.61. The fraction of sp³-hybridized carbons (Fsp3) is 0.231. The Morgan fingerprint density at radius 2 is 2.18 bits per heavy atom. The van der Waals surface area contributed by atoms with Crippen LogP contribution < -0.4 is 4.74 Å².